The standard InChI is InChI=1S/C42H44O19/c1-23(44)57-39-38(53)36(51)31(20-55-34(49)17-10-26-7-15-29(47)30(19-26)54-2)58-41(39)61-42(22-43)40(59-35(50)18-9-25-5-13-28(46)14-6-25)37(52)32(60-42)21-56-33(48)16-8-24-3-11-27(45)12-4-24/h3-19,31-32,36-41,43,45-47,51-53H,20-22H2,1-2H3/b16-8+,17-10+,18-9+/t31-,32-,36-,37-,38+,39-,40+,41-,42+/m1/s1. The Labute approximate surface area is 347 Å². The Balaban J connectivity index is 1.36. The summed E-state index contributed by atoms with van der Waals surface area (Å²) < 4.78 is 44.1. The zero-order valence-corrected chi connectivity index (χ0v) is 32.6. The third-order valence-corrected chi connectivity index (χ3v) is 9.21. The quantitative estimate of drug-likeness (QED) is 0.0603. The molecule has 19 heteroatoms. The predicted octanol–water partition coefficient (Wildman–Crippen LogP) is 1.09. The molecule has 0 spiro atoms. The molecule has 9 atom stereocenters. The summed E-state index contributed by atoms with van der Waals surface area (Å²) in [4.78, 5) is 50.6. The van der Waals surface area contributed by atoms with Crippen LogP contribution in [0.2, 0.25) is 0 Å². The second-order valence-electron chi connectivity index (χ2n) is 13.6. The minimum absolute atomic E-state index is 0.00719. The molecule has 326 valence electrons. The van der Waals surface area contributed by atoms with Crippen molar-refractivity contribution in [2.75, 3.05) is 26.9 Å². The van der Waals surface area contributed by atoms with E-state index in [4.69, 9.17) is 37.9 Å². The van der Waals surface area contributed by atoms with Crippen LogP contribution in [0, 0.1) is 0 Å². The molecule has 2 aliphatic heterocycles. The molecular formula is C42H44O19. The van der Waals surface area contributed by atoms with Crippen LogP contribution in [0.1, 0.15) is 23.6 Å². The molecule has 0 radical (unpaired) electrons. The third-order valence-electron chi connectivity index (χ3n) is 9.21. The summed E-state index contributed by atoms with van der Waals surface area (Å²) in [5, 5.41) is 73.3. The number of carbonyl (C=O) groups excluding carboxylic acids is 4. The highest BCUT2D eigenvalue weighted by atomic mass is 16.8. The van der Waals surface area contributed by atoms with Gasteiger partial charge in [-0.1, -0.05) is 30.3 Å². The molecule has 61 heavy (non-hydrogen) atoms. The van der Waals surface area contributed by atoms with Gasteiger partial charge in [0, 0.05) is 25.2 Å². The molecule has 19 nitrogen and oxygen atoms in total. The number of esters is 4. The van der Waals surface area contributed by atoms with Gasteiger partial charge in [0.15, 0.2) is 23.7 Å². The van der Waals surface area contributed by atoms with Crippen molar-refractivity contribution in [2.24, 2.45) is 0 Å². The van der Waals surface area contributed by atoms with Crippen LogP contribution in [-0.2, 0) is 52.3 Å². The van der Waals surface area contributed by atoms with Gasteiger partial charge in [-0.05, 0) is 71.3 Å². The number of aromatic hydroxyl groups is 3. The second-order valence-corrected chi connectivity index (χ2v) is 13.6. The van der Waals surface area contributed by atoms with Crippen molar-refractivity contribution >= 4 is 42.1 Å². The lowest BCUT2D eigenvalue weighted by molar-refractivity contribution is -0.383. The molecule has 0 saturated carbocycles. The van der Waals surface area contributed by atoms with E-state index in [0.717, 1.165) is 25.2 Å². The Kier molecular flexibility index (Phi) is 15.6. The van der Waals surface area contributed by atoms with Gasteiger partial charge < -0.3 is 73.6 Å². The average Bonchev–Trinajstić information content (AvgIpc) is 3.50. The van der Waals surface area contributed by atoms with Gasteiger partial charge in [0.1, 0.15) is 61.8 Å². The first-order chi connectivity index (χ1) is 29.1. The van der Waals surface area contributed by atoms with Gasteiger partial charge in [-0.15, -0.1) is 0 Å². The van der Waals surface area contributed by atoms with Gasteiger partial charge in [-0.25, -0.2) is 14.4 Å². The lowest BCUT2D eigenvalue weighted by Crippen LogP contribution is -2.64. The monoisotopic (exact) mass is 852 g/mol. The third kappa shape index (κ3) is 12.1. The van der Waals surface area contributed by atoms with Crippen molar-refractivity contribution in [3.63, 3.8) is 0 Å². The minimum Gasteiger partial charge on any atom is -0.508 e. The Hall–Kier alpha value is -6.32. The summed E-state index contributed by atoms with van der Waals surface area (Å²) in [5.74, 6) is -6.54. The highest BCUT2D eigenvalue weighted by Crippen LogP contribution is 2.39. The number of phenolic OH excluding ortho intramolecular Hbond substituents is 3. The number of hydrogen-bond acceptors (Lipinski definition) is 19. The number of carbonyl (C=O) groups is 4. The number of aliphatic hydroxyl groups excluding tert-OH is 4. The zero-order chi connectivity index (χ0) is 44.3. The fourth-order valence-corrected chi connectivity index (χ4v) is 6.10. The molecule has 2 heterocycles. The van der Waals surface area contributed by atoms with Crippen molar-refractivity contribution in [3.05, 3.63) is 102 Å². The number of rotatable bonds is 16. The van der Waals surface area contributed by atoms with Crippen molar-refractivity contribution < 1.29 is 92.8 Å². The first-order valence-electron chi connectivity index (χ1n) is 18.5. The van der Waals surface area contributed by atoms with Crippen LogP contribution in [-0.4, -0.2) is 141 Å². The van der Waals surface area contributed by atoms with Crippen LogP contribution < -0.4 is 4.74 Å². The number of hydrogen-bond donors (Lipinski definition) is 7. The molecule has 7 N–H and O–H groups in total. The Morgan fingerprint density at radius 1 is 0.689 bits per heavy atom. The van der Waals surface area contributed by atoms with Gasteiger partial charge in [0.05, 0.1) is 7.11 Å². The minimum atomic E-state index is -2.61. The molecule has 3 aromatic carbocycles. The number of benzene rings is 3. The lowest BCUT2D eigenvalue weighted by atomic mass is 9.98. The number of ether oxygens (including phenoxy) is 8. The van der Waals surface area contributed by atoms with E-state index in [0.29, 0.717) is 16.7 Å². The average molecular weight is 853 g/mol. The van der Waals surface area contributed by atoms with Crippen molar-refractivity contribution in [2.45, 2.75) is 61.7 Å². The second kappa shape index (κ2) is 20.8. The summed E-state index contributed by atoms with van der Waals surface area (Å²) >= 11 is 0. The first-order valence-corrected chi connectivity index (χ1v) is 18.5. The zero-order valence-electron chi connectivity index (χ0n) is 32.6. The fraction of sp³-hybridized carbons (Fsp3) is 0.333. The van der Waals surface area contributed by atoms with Crippen molar-refractivity contribution in [3.8, 4) is 23.0 Å². The highest BCUT2D eigenvalue weighted by Gasteiger charge is 2.61. The van der Waals surface area contributed by atoms with Gasteiger partial charge >= 0.3 is 23.9 Å². The van der Waals surface area contributed by atoms with Crippen LogP contribution in [0.3, 0.4) is 0 Å². The van der Waals surface area contributed by atoms with Crippen LogP contribution in [0.15, 0.2) is 85.0 Å². The van der Waals surface area contributed by atoms with E-state index in [1.54, 1.807) is 0 Å². The number of phenols is 3. The van der Waals surface area contributed by atoms with Crippen LogP contribution in [0.4, 0.5) is 0 Å². The van der Waals surface area contributed by atoms with E-state index in [1.165, 1.54) is 92.1 Å². The van der Waals surface area contributed by atoms with E-state index in [9.17, 15) is 54.9 Å². The number of aliphatic hydroxyl groups is 4. The highest BCUT2D eigenvalue weighted by molar-refractivity contribution is 5.88. The Bertz CT molecular complexity index is 2080. The van der Waals surface area contributed by atoms with E-state index < -0.39 is 98.5 Å². The summed E-state index contributed by atoms with van der Waals surface area (Å²) in [6.45, 7) is -1.67. The van der Waals surface area contributed by atoms with E-state index >= 15 is 0 Å². The van der Waals surface area contributed by atoms with E-state index in [2.05, 4.69) is 0 Å². The molecule has 2 saturated heterocycles. The summed E-state index contributed by atoms with van der Waals surface area (Å²) in [6, 6.07) is 15.8. The van der Waals surface area contributed by atoms with Crippen LogP contribution >= 0.6 is 0 Å². The molecule has 0 amide bonds. The van der Waals surface area contributed by atoms with Crippen molar-refractivity contribution in [1.29, 1.82) is 0 Å². The molecule has 3 aromatic rings. The topological polar surface area (TPSA) is 284 Å². The largest absolute Gasteiger partial charge is 0.508 e. The van der Waals surface area contributed by atoms with E-state index in [-0.39, 0.29) is 23.0 Å². The maximum atomic E-state index is 13.2. The normalized spacial score (nSPS) is 26.3. The van der Waals surface area contributed by atoms with Gasteiger partial charge in [-0.2, -0.15) is 0 Å². The molecule has 2 fully saturated rings. The van der Waals surface area contributed by atoms with Crippen LogP contribution in [0.5, 0.6) is 23.0 Å². The van der Waals surface area contributed by atoms with Crippen LogP contribution in [0.25, 0.3) is 18.2 Å². The summed E-state index contributed by atoms with van der Waals surface area (Å²) in [7, 11) is 1.34. The molecule has 2 aliphatic rings. The number of methoxy groups -OCH3 is 1. The van der Waals surface area contributed by atoms with Crippen molar-refractivity contribution in [1.82, 2.24) is 0 Å². The molecule has 0 aliphatic carbocycles. The van der Waals surface area contributed by atoms with Gasteiger partial charge in [-0.3, -0.25) is 4.79 Å². The predicted molar refractivity (Wildman–Crippen MR) is 208 cm³/mol. The van der Waals surface area contributed by atoms with Gasteiger partial charge in [0.2, 0.25) is 12.1 Å². The molecule has 0 bridgehead atoms. The smallest absolute Gasteiger partial charge is 0.331 e. The fourth-order valence-electron chi connectivity index (χ4n) is 6.10. The molecular weight excluding hydrogens is 808 g/mol. The summed E-state index contributed by atoms with van der Waals surface area (Å²) in [6.07, 6.45) is -7.65. The SMILES string of the molecule is COc1cc(/C=C/C(=O)OC[C@H]2O[C@H](O[C@]3(CO)O[C@H](COC(=O)/C=C/c4ccc(O)cc4)[C@@H](O)[C@@H]3OC(=O)/C=C/c3ccc(O)cc3)[C@H](OC(C)=O)[C@@H](O)[C@@H]2O)ccc1O. The lowest BCUT2D eigenvalue weighted by Gasteiger charge is -2.44. The summed E-state index contributed by atoms with van der Waals surface area (Å²) in [5.41, 5.74) is 1.45. The van der Waals surface area contributed by atoms with Gasteiger partial charge in [0.25, 0.3) is 0 Å². The maximum Gasteiger partial charge on any atom is 0.331 e. The Morgan fingerprint density at radius 2 is 1.21 bits per heavy atom. The van der Waals surface area contributed by atoms with E-state index in [1.807, 2.05) is 0 Å². The first kappa shape index (κ1) is 45.8. The molecule has 0 aromatic heterocycles. The molecule has 5 rings (SSSR count). The maximum absolute atomic E-state index is 13.2. The Morgan fingerprint density at radius 3 is 1.75 bits per heavy atom. The molecule has 0 unspecified atom stereocenters.